The molecule has 2 fully saturated rings. The Morgan fingerprint density at radius 1 is 1.10 bits per heavy atom. The minimum absolute atomic E-state index is 0.515. The van der Waals surface area contributed by atoms with Crippen LogP contribution in [0.2, 0.25) is 0 Å². The minimum Gasteiger partial charge on any atom is -0.354 e. The Morgan fingerprint density at radius 2 is 1.83 bits per heavy atom. The summed E-state index contributed by atoms with van der Waals surface area (Å²) in [4.78, 5) is 9.65. The van der Waals surface area contributed by atoms with Crippen LogP contribution in [0.15, 0.2) is 29.3 Å². The number of hydrogen-bond donors (Lipinski definition) is 2. The molecule has 0 aliphatic carbocycles. The van der Waals surface area contributed by atoms with Crippen molar-refractivity contribution in [3.8, 4) is 0 Å². The highest BCUT2D eigenvalue weighted by Gasteiger charge is 2.21. The van der Waals surface area contributed by atoms with Gasteiger partial charge in [0.25, 0.3) is 0 Å². The van der Waals surface area contributed by atoms with E-state index in [9.17, 15) is 0 Å². The van der Waals surface area contributed by atoms with Crippen molar-refractivity contribution >= 4 is 5.96 Å². The van der Waals surface area contributed by atoms with Crippen molar-refractivity contribution in [2.75, 3.05) is 33.2 Å². The van der Waals surface area contributed by atoms with Gasteiger partial charge in [0.15, 0.2) is 5.96 Å². The quantitative estimate of drug-likeness (QED) is 0.568. The molecule has 0 aromatic heterocycles. The van der Waals surface area contributed by atoms with Crippen molar-refractivity contribution < 1.29 is 0 Å². The van der Waals surface area contributed by atoms with Crippen molar-refractivity contribution in [1.82, 2.24) is 20.4 Å². The lowest BCUT2D eigenvalue weighted by atomic mass is 9.99. The Morgan fingerprint density at radius 3 is 2.48 bits per heavy atom. The third-order valence-corrected chi connectivity index (χ3v) is 6.52. The maximum Gasteiger partial charge on any atom is 0.191 e. The number of nitrogens with one attached hydrogen (secondary N) is 2. The number of nitrogens with zero attached hydrogens (tertiary/aromatic N) is 3. The molecule has 1 unspecified atom stereocenters. The van der Waals surface area contributed by atoms with Crippen molar-refractivity contribution in [2.24, 2.45) is 10.9 Å². The maximum atomic E-state index is 4.48. The van der Waals surface area contributed by atoms with Crippen molar-refractivity contribution in [1.29, 1.82) is 0 Å². The fourth-order valence-electron chi connectivity index (χ4n) is 4.68. The third kappa shape index (κ3) is 6.71. The highest BCUT2D eigenvalue weighted by molar-refractivity contribution is 5.80. The molecule has 29 heavy (non-hydrogen) atoms. The van der Waals surface area contributed by atoms with Crippen LogP contribution in [0.5, 0.6) is 0 Å². The van der Waals surface area contributed by atoms with Crippen molar-refractivity contribution in [3.05, 3.63) is 35.4 Å². The second kappa shape index (κ2) is 11.0. The average Bonchev–Trinajstić information content (AvgIpc) is 2.72. The number of guanidine groups is 1. The van der Waals surface area contributed by atoms with E-state index in [-0.39, 0.29) is 0 Å². The normalized spacial score (nSPS) is 22.8. The summed E-state index contributed by atoms with van der Waals surface area (Å²) in [6.07, 6.45) is 5.07. The van der Waals surface area contributed by atoms with Gasteiger partial charge in [-0.2, -0.15) is 0 Å². The van der Waals surface area contributed by atoms with Crippen LogP contribution in [0.4, 0.5) is 0 Å². The molecular formula is C24H41N5. The average molecular weight is 400 g/mol. The molecule has 0 radical (unpaired) electrons. The summed E-state index contributed by atoms with van der Waals surface area (Å²) >= 11 is 0. The van der Waals surface area contributed by atoms with E-state index in [4.69, 9.17) is 0 Å². The lowest BCUT2D eigenvalue weighted by Gasteiger charge is -2.35. The van der Waals surface area contributed by atoms with E-state index >= 15 is 0 Å². The number of rotatable bonds is 6. The van der Waals surface area contributed by atoms with E-state index in [1.165, 1.54) is 63.0 Å². The minimum atomic E-state index is 0.515. The first-order chi connectivity index (χ1) is 14.0. The van der Waals surface area contributed by atoms with Gasteiger partial charge in [0.2, 0.25) is 0 Å². The van der Waals surface area contributed by atoms with Gasteiger partial charge in [-0.15, -0.1) is 0 Å². The lowest BCUT2D eigenvalue weighted by molar-refractivity contribution is 0.167. The predicted molar refractivity (Wildman–Crippen MR) is 123 cm³/mol. The molecule has 2 aliphatic rings. The van der Waals surface area contributed by atoms with Crippen molar-refractivity contribution in [3.63, 3.8) is 0 Å². The summed E-state index contributed by atoms with van der Waals surface area (Å²) in [5.74, 6) is 1.74. The first-order valence-electron chi connectivity index (χ1n) is 11.6. The summed E-state index contributed by atoms with van der Waals surface area (Å²) in [6.45, 7) is 13.6. The van der Waals surface area contributed by atoms with Gasteiger partial charge in [0.1, 0.15) is 0 Å². The molecule has 0 amide bonds. The molecule has 2 heterocycles. The van der Waals surface area contributed by atoms with Crippen LogP contribution in [0.3, 0.4) is 0 Å². The van der Waals surface area contributed by atoms with Gasteiger partial charge in [-0.25, -0.2) is 0 Å². The summed E-state index contributed by atoms with van der Waals surface area (Å²) < 4.78 is 0. The molecule has 3 rings (SSSR count). The standard InChI is InChI=1S/C24H41N5/c1-19(2)29-14-11-23(12-15-29)27-24(25-4)26-16-21-9-5-6-10-22(21)18-28-13-7-8-20(3)17-28/h5-6,9-10,19-20,23H,7-8,11-18H2,1-4H3,(H2,25,26,27). The number of hydrogen-bond acceptors (Lipinski definition) is 3. The Kier molecular flexibility index (Phi) is 8.37. The maximum absolute atomic E-state index is 4.48. The van der Waals surface area contributed by atoms with Crippen LogP contribution >= 0.6 is 0 Å². The van der Waals surface area contributed by atoms with E-state index < -0.39 is 0 Å². The molecule has 162 valence electrons. The highest BCUT2D eigenvalue weighted by Crippen LogP contribution is 2.19. The summed E-state index contributed by atoms with van der Waals surface area (Å²) in [5, 5.41) is 7.20. The highest BCUT2D eigenvalue weighted by atomic mass is 15.2. The number of likely N-dealkylation sites (tertiary alicyclic amines) is 2. The molecule has 5 heteroatoms. The van der Waals surface area contributed by atoms with E-state index in [0.717, 1.165) is 25.0 Å². The van der Waals surface area contributed by atoms with Crippen LogP contribution in [0.1, 0.15) is 57.6 Å². The molecule has 0 spiro atoms. The largest absolute Gasteiger partial charge is 0.354 e. The summed E-state index contributed by atoms with van der Waals surface area (Å²) in [5.41, 5.74) is 2.82. The Balaban J connectivity index is 1.51. The zero-order chi connectivity index (χ0) is 20.6. The molecule has 1 atom stereocenters. The fraction of sp³-hybridized carbons (Fsp3) is 0.708. The van der Waals surface area contributed by atoms with Crippen LogP contribution < -0.4 is 10.6 Å². The molecular weight excluding hydrogens is 358 g/mol. The van der Waals surface area contributed by atoms with Gasteiger partial charge >= 0.3 is 0 Å². The Hall–Kier alpha value is -1.59. The Bertz CT molecular complexity index is 648. The molecule has 0 saturated carbocycles. The van der Waals surface area contributed by atoms with Crippen LogP contribution in [0, 0.1) is 5.92 Å². The van der Waals surface area contributed by atoms with Gasteiger partial charge in [-0.05, 0) is 63.1 Å². The molecule has 5 nitrogen and oxygen atoms in total. The summed E-state index contributed by atoms with van der Waals surface area (Å²) in [6, 6.07) is 10.0. The number of benzene rings is 1. The molecule has 2 N–H and O–H groups in total. The zero-order valence-electron chi connectivity index (χ0n) is 19.0. The topological polar surface area (TPSA) is 42.9 Å². The lowest BCUT2D eigenvalue weighted by Crippen LogP contribution is -2.49. The van der Waals surface area contributed by atoms with E-state index in [1.54, 1.807) is 0 Å². The SMILES string of the molecule is CN=C(NCc1ccccc1CN1CCCC(C)C1)NC1CCN(C(C)C)CC1. The predicted octanol–water partition coefficient (Wildman–Crippen LogP) is 3.46. The Labute approximate surface area is 178 Å². The zero-order valence-corrected chi connectivity index (χ0v) is 19.0. The van der Waals surface area contributed by atoms with Gasteiger partial charge < -0.3 is 15.5 Å². The second-order valence-corrected chi connectivity index (χ2v) is 9.23. The smallest absolute Gasteiger partial charge is 0.191 e. The fourth-order valence-corrected chi connectivity index (χ4v) is 4.68. The van der Waals surface area contributed by atoms with E-state index in [2.05, 4.69) is 70.5 Å². The van der Waals surface area contributed by atoms with Crippen LogP contribution in [-0.4, -0.2) is 61.1 Å². The molecule has 1 aromatic rings. The van der Waals surface area contributed by atoms with Gasteiger partial charge in [-0.1, -0.05) is 31.2 Å². The van der Waals surface area contributed by atoms with Crippen molar-refractivity contribution in [2.45, 2.75) is 71.6 Å². The third-order valence-electron chi connectivity index (χ3n) is 6.52. The molecule has 0 bridgehead atoms. The molecule has 1 aromatic carbocycles. The second-order valence-electron chi connectivity index (χ2n) is 9.23. The first kappa shape index (κ1) is 22.1. The van der Waals surface area contributed by atoms with Gasteiger partial charge in [0, 0.05) is 51.9 Å². The van der Waals surface area contributed by atoms with Gasteiger partial charge in [0.05, 0.1) is 0 Å². The molecule has 2 saturated heterocycles. The van der Waals surface area contributed by atoms with Crippen LogP contribution in [-0.2, 0) is 13.1 Å². The monoisotopic (exact) mass is 399 g/mol. The molecule has 2 aliphatic heterocycles. The van der Waals surface area contributed by atoms with Crippen LogP contribution in [0.25, 0.3) is 0 Å². The first-order valence-corrected chi connectivity index (χ1v) is 11.6. The number of piperidine rings is 2. The summed E-state index contributed by atoms with van der Waals surface area (Å²) in [7, 11) is 1.87. The number of aliphatic imine (C=N–C) groups is 1. The van der Waals surface area contributed by atoms with E-state index in [0.29, 0.717) is 12.1 Å². The van der Waals surface area contributed by atoms with Gasteiger partial charge in [-0.3, -0.25) is 9.89 Å². The van der Waals surface area contributed by atoms with E-state index in [1.807, 2.05) is 7.05 Å².